The van der Waals surface area contributed by atoms with Gasteiger partial charge in [-0.25, -0.2) is 9.97 Å². The van der Waals surface area contributed by atoms with Crippen LogP contribution < -0.4 is 9.47 Å². The third-order valence-corrected chi connectivity index (χ3v) is 3.40. The van der Waals surface area contributed by atoms with Crippen LogP contribution in [-0.2, 0) is 0 Å². The molecule has 1 aromatic heterocycles. The number of ether oxygens (including phenoxy) is 2. The lowest BCUT2D eigenvalue weighted by molar-refractivity contribution is 0.356. The average molecular weight is 292 g/mol. The number of nitrogens with zero attached hydrogens (tertiary/aromatic N) is 2. The second kappa shape index (κ2) is 6.26. The van der Waals surface area contributed by atoms with Crippen molar-refractivity contribution >= 4 is 23.1 Å². The maximum absolute atomic E-state index is 5.36. The number of aromatic nitrogens is 2. The van der Waals surface area contributed by atoms with E-state index < -0.39 is 0 Å². The maximum Gasteiger partial charge on any atom is 0.162 e. The second-order valence-corrected chi connectivity index (χ2v) is 4.73. The molecule has 2 aromatic carbocycles. The summed E-state index contributed by atoms with van der Waals surface area (Å²) >= 11 is 0. The molecule has 0 aliphatic carbocycles. The van der Waals surface area contributed by atoms with Crippen LogP contribution in [0.3, 0.4) is 0 Å². The van der Waals surface area contributed by atoms with Gasteiger partial charge in [-0.1, -0.05) is 36.4 Å². The van der Waals surface area contributed by atoms with E-state index in [0.717, 1.165) is 22.2 Å². The van der Waals surface area contributed by atoms with E-state index in [1.807, 2.05) is 54.6 Å². The topological polar surface area (TPSA) is 44.2 Å². The quantitative estimate of drug-likeness (QED) is 0.733. The standard InChI is InChI=1S/C18H16N2O2/c1-21-17-10-14-15(9-8-13-6-4-3-5-7-13)19-12-20-16(14)11-18(17)22-2/h3-12H,1-2H3. The molecule has 0 atom stereocenters. The van der Waals surface area contributed by atoms with Crippen LogP contribution in [0.5, 0.6) is 11.5 Å². The Kier molecular flexibility index (Phi) is 4.01. The molecule has 0 N–H and O–H groups in total. The smallest absolute Gasteiger partial charge is 0.162 e. The molecule has 0 fully saturated rings. The molecular weight excluding hydrogens is 276 g/mol. The second-order valence-electron chi connectivity index (χ2n) is 4.73. The minimum atomic E-state index is 0.659. The van der Waals surface area contributed by atoms with E-state index >= 15 is 0 Å². The molecule has 3 aromatic rings. The number of hydrogen-bond donors (Lipinski definition) is 0. The van der Waals surface area contributed by atoms with Crippen molar-refractivity contribution in [3.8, 4) is 11.5 Å². The lowest BCUT2D eigenvalue weighted by Gasteiger charge is -2.09. The molecule has 0 aliphatic rings. The van der Waals surface area contributed by atoms with Gasteiger partial charge in [0.15, 0.2) is 11.5 Å². The lowest BCUT2D eigenvalue weighted by Crippen LogP contribution is -1.94. The molecule has 22 heavy (non-hydrogen) atoms. The number of fused-ring (bicyclic) bond motifs is 1. The van der Waals surface area contributed by atoms with Crippen molar-refractivity contribution in [2.45, 2.75) is 0 Å². The number of methoxy groups -OCH3 is 2. The number of rotatable bonds is 4. The largest absolute Gasteiger partial charge is 0.493 e. The summed E-state index contributed by atoms with van der Waals surface area (Å²) in [6.45, 7) is 0. The summed E-state index contributed by atoms with van der Waals surface area (Å²) in [7, 11) is 3.23. The Balaban J connectivity index is 2.08. The highest BCUT2D eigenvalue weighted by molar-refractivity contribution is 5.91. The van der Waals surface area contributed by atoms with Crippen molar-refractivity contribution in [1.29, 1.82) is 0 Å². The molecule has 0 spiro atoms. The van der Waals surface area contributed by atoms with Crippen LogP contribution in [0.4, 0.5) is 0 Å². The lowest BCUT2D eigenvalue weighted by atomic mass is 10.1. The molecule has 0 bridgehead atoms. The minimum Gasteiger partial charge on any atom is -0.493 e. The summed E-state index contributed by atoms with van der Waals surface area (Å²) in [5, 5.41) is 0.923. The molecule has 4 nitrogen and oxygen atoms in total. The van der Waals surface area contributed by atoms with E-state index in [9.17, 15) is 0 Å². The molecule has 110 valence electrons. The SMILES string of the molecule is COc1cc2ncnc(C=Cc3ccccc3)c2cc1OC. The normalized spacial score (nSPS) is 11.0. The maximum atomic E-state index is 5.36. The van der Waals surface area contributed by atoms with E-state index in [1.54, 1.807) is 20.5 Å². The molecule has 0 saturated heterocycles. The van der Waals surface area contributed by atoms with E-state index in [2.05, 4.69) is 9.97 Å². The van der Waals surface area contributed by atoms with Gasteiger partial charge in [-0.15, -0.1) is 0 Å². The zero-order valence-electron chi connectivity index (χ0n) is 12.5. The van der Waals surface area contributed by atoms with Crippen molar-refractivity contribution in [1.82, 2.24) is 9.97 Å². The van der Waals surface area contributed by atoms with Gasteiger partial charge in [-0.05, 0) is 17.7 Å². The Morgan fingerprint density at radius 3 is 2.32 bits per heavy atom. The van der Waals surface area contributed by atoms with Crippen molar-refractivity contribution < 1.29 is 9.47 Å². The Morgan fingerprint density at radius 2 is 1.59 bits per heavy atom. The molecule has 3 rings (SSSR count). The summed E-state index contributed by atoms with van der Waals surface area (Å²) in [5.41, 5.74) is 2.78. The molecular formula is C18H16N2O2. The van der Waals surface area contributed by atoms with E-state index in [0.29, 0.717) is 11.5 Å². The highest BCUT2D eigenvalue weighted by Gasteiger charge is 2.09. The van der Waals surface area contributed by atoms with Crippen LogP contribution in [0.1, 0.15) is 11.3 Å². The zero-order valence-corrected chi connectivity index (χ0v) is 12.5. The molecule has 0 unspecified atom stereocenters. The summed E-state index contributed by atoms with van der Waals surface area (Å²) in [6.07, 6.45) is 5.56. The predicted octanol–water partition coefficient (Wildman–Crippen LogP) is 3.82. The highest BCUT2D eigenvalue weighted by Crippen LogP contribution is 2.32. The van der Waals surface area contributed by atoms with Crippen molar-refractivity contribution in [3.05, 3.63) is 60.0 Å². The molecule has 0 saturated carbocycles. The molecule has 0 aliphatic heterocycles. The third kappa shape index (κ3) is 2.76. The van der Waals surface area contributed by atoms with Gasteiger partial charge in [-0.2, -0.15) is 0 Å². The van der Waals surface area contributed by atoms with Crippen LogP contribution in [0.15, 0.2) is 48.8 Å². The molecule has 0 radical (unpaired) electrons. The first-order valence-corrected chi connectivity index (χ1v) is 6.91. The van der Waals surface area contributed by atoms with Crippen molar-refractivity contribution in [2.75, 3.05) is 14.2 Å². The van der Waals surface area contributed by atoms with Gasteiger partial charge >= 0.3 is 0 Å². The Hall–Kier alpha value is -2.88. The van der Waals surface area contributed by atoms with Crippen LogP contribution in [-0.4, -0.2) is 24.2 Å². The summed E-state index contributed by atoms with van der Waals surface area (Å²) in [6, 6.07) is 13.9. The van der Waals surface area contributed by atoms with Gasteiger partial charge in [0.25, 0.3) is 0 Å². The monoisotopic (exact) mass is 292 g/mol. The fourth-order valence-corrected chi connectivity index (χ4v) is 2.28. The summed E-state index contributed by atoms with van der Waals surface area (Å²) in [5.74, 6) is 1.32. The van der Waals surface area contributed by atoms with E-state index in [1.165, 1.54) is 0 Å². The summed E-state index contributed by atoms with van der Waals surface area (Å²) < 4.78 is 10.7. The Bertz CT molecular complexity index is 814. The first-order chi connectivity index (χ1) is 10.8. The minimum absolute atomic E-state index is 0.659. The Morgan fingerprint density at radius 1 is 0.864 bits per heavy atom. The van der Waals surface area contributed by atoms with Crippen molar-refractivity contribution in [3.63, 3.8) is 0 Å². The molecule has 1 heterocycles. The van der Waals surface area contributed by atoms with Crippen LogP contribution >= 0.6 is 0 Å². The fraction of sp³-hybridized carbons (Fsp3) is 0.111. The van der Waals surface area contributed by atoms with Crippen molar-refractivity contribution in [2.24, 2.45) is 0 Å². The zero-order chi connectivity index (χ0) is 15.4. The summed E-state index contributed by atoms with van der Waals surface area (Å²) in [4.78, 5) is 8.66. The Labute approximate surface area is 129 Å². The average Bonchev–Trinajstić information content (AvgIpc) is 2.59. The van der Waals surface area contributed by atoms with Crippen LogP contribution in [0.25, 0.3) is 23.1 Å². The predicted molar refractivity (Wildman–Crippen MR) is 88.0 cm³/mol. The third-order valence-electron chi connectivity index (χ3n) is 3.40. The molecule has 4 heteroatoms. The van der Waals surface area contributed by atoms with Gasteiger partial charge in [0.2, 0.25) is 0 Å². The number of hydrogen-bond acceptors (Lipinski definition) is 4. The van der Waals surface area contributed by atoms with E-state index in [-0.39, 0.29) is 0 Å². The first-order valence-electron chi connectivity index (χ1n) is 6.91. The van der Waals surface area contributed by atoms with Gasteiger partial charge in [0, 0.05) is 11.5 Å². The first kappa shape index (κ1) is 14.1. The van der Waals surface area contributed by atoms with Crippen LogP contribution in [0.2, 0.25) is 0 Å². The van der Waals surface area contributed by atoms with Gasteiger partial charge in [0.05, 0.1) is 25.4 Å². The number of benzene rings is 2. The van der Waals surface area contributed by atoms with Gasteiger partial charge in [0.1, 0.15) is 6.33 Å². The van der Waals surface area contributed by atoms with Crippen LogP contribution in [0, 0.1) is 0 Å². The van der Waals surface area contributed by atoms with E-state index in [4.69, 9.17) is 9.47 Å². The highest BCUT2D eigenvalue weighted by atomic mass is 16.5. The van der Waals surface area contributed by atoms with Gasteiger partial charge < -0.3 is 9.47 Å². The molecule has 0 amide bonds. The fourth-order valence-electron chi connectivity index (χ4n) is 2.28. The van der Waals surface area contributed by atoms with Gasteiger partial charge in [-0.3, -0.25) is 0 Å².